The van der Waals surface area contributed by atoms with Gasteiger partial charge < -0.3 is 19.7 Å². The zero-order valence-corrected chi connectivity index (χ0v) is 14.5. The minimum atomic E-state index is 0.147. The Labute approximate surface area is 138 Å². The predicted octanol–water partition coefficient (Wildman–Crippen LogP) is 1.73. The van der Waals surface area contributed by atoms with E-state index in [1.807, 2.05) is 7.05 Å². The smallest absolute Gasteiger partial charge is 0.193 e. The number of nitrogens with zero attached hydrogens (tertiary/aromatic N) is 2. The van der Waals surface area contributed by atoms with Crippen molar-refractivity contribution in [2.45, 2.75) is 43.0 Å². The van der Waals surface area contributed by atoms with Gasteiger partial charge in [0.05, 0.1) is 25.9 Å². The molecule has 1 N–H and O–H groups in total. The maximum atomic E-state index is 5.70. The van der Waals surface area contributed by atoms with E-state index in [2.05, 4.69) is 27.0 Å². The standard InChI is InChI=1S/C16H29N3O2S/c1-17-15(18-11-14-12-20-8-9-21-14)19-7-10-22-16(13-19)5-3-2-4-6-16/h14H,2-13H2,1H3,(H,17,18). The Morgan fingerprint density at radius 2 is 2.18 bits per heavy atom. The average molecular weight is 327 g/mol. The highest BCUT2D eigenvalue weighted by atomic mass is 32.2. The number of rotatable bonds is 2. The summed E-state index contributed by atoms with van der Waals surface area (Å²) in [5.41, 5.74) is 0. The highest BCUT2D eigenvalue weighted by molar-refractivity contribution is 8.00. The van der Waals surface area contributed by atoms with Gasteiger partial charge in [0.25, 0.3) is 0 Å². The molecule has 1 spiro atoms. The Bertz CT molecular complexity index is 374. The zero-order valence-electron chi connectivity index (χ0n) is 13.7. The summed E-state index contributed by atoms with van der Waals surface area (Å²) in [6.07, 6.45) is 7.07. The largest absolute Gasteiger partial charge is 0.376 e. The van der Waals surface area contributed by atoms with E-state index in [1.165, 1.54) is 37.9 Å². The summed E-state index contributed by atoms with van der Waals surface area (Å²) in [6, 6.07) is 0. The number of ether oxygens (including phenoxy) is 2. The first-order valence-corrected chi connectivity index (χ1v) is 9.59. The predicted molar refractivity (Wildman–Crippen MR) is 91.8 cm³/mol. The molecule has 3 fully saturated rings. The average Bonchev–Trinajstić information content (AvgIpc) is 2.57. The number of aliphatic imine (C=N–C) groups is 1. The second-order valence-corrected chi connectivity index (χ2v) is 8.07. The first-order chi connectivity index (χ1) is 10.8. The Morgan fingerprint density at radius 3 is 2.91 bits per heavy atom. The van der Waals surface area contributed by atoms with Gasteiger partial charge in [-0.15, -0.1) is 0 Å². The molecule has 1 unspecified atom stereocenters. The van der Waals surface area contributed by atoms with E-state index in [4.69, 9.17) is 9.47 Å². The van der Waals surface area contributed by atoms with E-state index in [1.54, 1.807) is 0 Å². The molecule has 0 amide bonds. The van der Waals surface area contributed by atoms with Crippen molar-refractivity contribution < 1.29 is 9.47 Å². The summed E-state index contributed by atoms with van der Waals surface area (Å²) in [4.78, 5) is 6.95. The van der Waals surface area contributed by atoms with Gasteiger partial charge in [-0.2, -0.15) is 11.8 Å². The third-order valence-electron chi connectivity index (χ3n) is 4.90. The van der Waals surface area contributed by atoms with Gasteiger partial charge in [-0.05, 0) is 12.8 Å². The quantitative estimate of drug-likeness (QED) is 0.618. The van der Waals surface area contributed by atoms with Crippen molar-refractivity contribution in [2.24, 2.45) is 4.99 Å². The molecule has 0 radical (unpaired) electrons. The van der Waals surface area contributed by atoms with E-state index in [0.29, 0.717) is 18.0 Å². The fraction of sp³-hybridized carbons (Fsp3) is 0.938. The molecular weight excluding hydrogens is 298 g/mol. The van der Waals surface area contributed by atoms with Crippen molar-refractivity contribution in [1.29, 1.82) is 0 Å². The van der Waals surface area contributed by atoms with Crippen LogP contribution in [0, 0.1) is 0 Å². The highest BCUT2D eigenvalue weighted by Gasteiger charge is 2.38. The van der Waals surface area contributed by atoms with Crippen LogP contribution in [0.25, 0.3) is 0 Å². The number of nitrogens with one attached hydrogen (secondary N) is 1. The van der Waals surface area contributed by atoms with Crippen molar-refractivity contribution in [2.75, 3.05) is 52.3 Å². The van der Waals surface area contributed by atoms with Crippen molar-refractivity contribution in [3.63, 3.8) is 0 Å². The van der Waals surface area contributed by atoms with E-state index in [0.717, 1.165) is 32.2 Å². The molecule has 0 aromatic heterocycles. The molecule has 3 aliphatic rings. The third kappa shape index (κ3) is 4.09. The van der Waals surface area contributed by atoms with E-state index in [9.17, 15) is 0 Å². The summed E-state index contributed by atoms with van der Waals surface area (Å²) in [6.45, 7) is 5.12. The normalized spacial score (nSPS) is 29.6. The maximum absolute atomic E-state index is 5.70. The molecule has 1 saturated carbocycles. The van der Waals surface area contributed by atoms with E-state index >= 15 is 0 Å². The molecule has 5 nitrogen and oxygen atoms in total. The SMILES string of the molecule is CN=C(NCC1COCCO1)N1CCSC2(CCCCC2)C1. The summed E-state index contributed by atoms with van der Waals surface area (Å²) >= 11 is 2.20. The van der Waals surface area contributed by atoms with Crippen LogP contribution in [0.15, 0.2) is 4.99 Å². The summed E-state index contributed by atoms with van der Waals surface area (Å²) < 4.78 is 11.6. The van der Waals surface area contributed by atoms with Crippen molar-refractivity contribution in [1.82, 2.24) is 10.2 Å². The van der Waals surface area contributed by atoms with Crippen LogP contribution in [0.2, 0.25) is 0 Å². The number of guanidine groups is 1. The summed E-state index contributed by atoms with van der Waals surface area (Å²) in [5, 5.41) is 3.49. The summed E-state index contributed by atoms with van der Waals surface area (Å²) in [7, 11) is 1.88. The molecule has 0 aromatic rings. The lowest BCUT2D eigenvalue weighted by Gasteiger charge is -2.45. The van der Waals surface area contributed by atoms with Crippen LogP contribution in [-0.2, 0) is 9.47 Å². The fourth-order valence-corrected chi connectivity index (χ4v) is 5.29. The monoisotopic (exact) mass is 327 g/mol. The van der Waals surface area contributed by atoms with Gasteiger partial charge in [0.2, 0.25) is 0 Å². The van der Waals surface area contributed by atoms with Gasteiger partial charge >= 0.3 is 0 Å². The number of hydrogen-bond donors (Lipinski definition) is 1. The minimum Gasteiger partial charge on any atom is -0.376 e. The molecule has 1 atom stereocenters. The molecular formula is C16H29N3O2S. The van der Waals surface area contributed by atoms with Crippen LogP contribution in [0.5, 0.6) is 0 Å². The Balaban J connectivity index is 1.53. The minimum absolute atomic E-state index is 0.147. The molecule has 6 heteroatoms. The second kappa shape index (κ2) is 7.88. The van der Waals surface area contributed by atoms with Gasteiger partial charge in [-0.1, -0.05) is 19.3 Å². The van der Waals surface area contributed by atoms with Crippen molar-refractivity contribution in [3.8, 4) is 0 Å². The molecule has 2 heterocycles. The lowest BCUT2D eigenvalue weighted by molar-refractivity contribution is -0.0851. The zero-order chi connectivity index (χ0) is 15.3. The fourth-order valence-electron chi connectivity index (χ4n) is 3.72. The molecule has 126 valence electrons. The van der Waals surface area contributed by atoms with Gasteiger partial charge in [0.15, 0.2) is 5.96 Å². The van der Waals surface area contributed by atoms with E-state index < -0.39 is 0 Å². The second-order valence-electron chi connectivity index (χ2n) is 6.51. The van der Waals surface area contributed by atoms with Crippen molar-refractivity contribution >= 4 is 17.7 Å². The molecule has 2 aliphatic heterocycles. The summed E-state index contributed by atoms with van der Waals surface area (Å²) in [5.74, 6) is 2.24. The Kier molecular flexibility index (Phi) is 5.88. The first kappa shape index (κ1) is 16.4. The van der Waals surface area contributed by atoms with Crippen LogP contribution >= 0.6 is 11.8 Å². The lowest BCUT2D eigenvalue weighted by atomic mass is 9.87. The van der Waals surface area contributed by atoms with Crippen molar-refractivity contribution in [3.05, 3.63) is 0 Å². The third-order valence-corrected chi connectivity index (χ3v) is 6.43. The molecule has 22 heavy (non-hydrogen) atoms. The highest BCUT2D eigenvalue weighted by Crippen LogP contribution is 2.42. The Morgan fingerprint density at radius 1 is 1.32 bits per heavy atom. The molecule has 3 rings (SSSR count). The van der Waals surface area contributed by atoms with Gasteiger partial charge in [0, 0.05) is 37.2 Å². The molecule has 1 aliphatic carbocycles. The molecule has 2 saturated heterocycles. The van der Waals surface area contributed by atoms with Crippen LogP contribution < -0.4 is 5.32 Å². The van der Waals surface area contributed by atoms with Gasteiger partial charge in [-0.25, -0.2) is 0 Å². The molecule has 0 bridgehead atoms. The van der Waals surface area contributed by atoms with Gasteiger partial charge in [0.1, 0.15) is 0 Å². The maximum Gasteiger partial charge on any atom is 0.193 e. The first-order valence-electron chi connectivity index (χ1n) is 8.60. The van der Waals surface area contributed by atoms with Crippen LogP contribution in [0.4, 0.5) is 0 Å². The number of hydrogen-bond acceptors (Lipinski definition) is 4. The molecule has 0 aromatic carbocycles. The van der Waals surface area contributed by atoms with E-state index in [-0.39, 0.29) is 6.10 Å². The lowest BCUT2D eigenvalue weighted by Crippen LogP contribution is -2.54. The van der Waals surface area contributed by atoms with Crippen LogP contribution in [-0.4, -0.2) is 74.0 Å². The van der Waals surface area contributed by atoms with Crippen LogP contribution in [0.3, 0.4) is 0 Å². The Hall–Kier alpha value is -0.460. The van der Waals surface area contributed by atoms with Crippen LogP contribution in [0.1, 0.15) is 32.1 Å². The topological polar surface area (TPSA) is 46.1 Å². The van der Waals surface area contributed by atoms with Gasteiger partial charge in [-0.3, -0.25) is 4.99 Å². The number of thioether (sulfide) groups is 1.